The summed E-state index contributed by atoms with van der Waals surface area (Å²) in [6, 6.07) is 6.47. The van der Waals surface area contributed by atoms with Crippen LogP contribution in [0.25, 0.3) is 0 Å². The highest BCUT2D eigenvalue weighted by atomic mass is 32.2. The number of nitrogens with zero attached hydrogens (tertiary/aromatic N) is 1. The Morgan fingerprint density at radius 2 is 1.78 bits per heavy atom. The van der Waals surface area contributed by atoms with Gasteiger partial charge in [-0.15, -0.1) is 11.3 Å². The first kappa shape index (κ1) is 17.1. The molecule has 0 aliphatic carbocycles. The van der Waals surface area contributed by atoms with Gasteiger partial charge < -0.3 is 14.2 Å². The Morgan fingerprint density at radius 1 is 1.13 bits per heavy atom. The van der Waals surface area contributed by atoms with Gasteiger partial charge in [0.2, 0.25) is 5.75 Å². The van der Waals surface area contributed by atoms with Gasteiger partial charge in [0, 0.05) is 5.56 Å². The lowest BCUT2D eigenvalue weighted by Crippen LogP contribution is -2.17. The van der Waals surface area contributed by atoms with Crippen molar-refractivity contribution < 1.29 is 22.6 Å². The first-order valence-corrected chi connectivity index (χ1v) is 8.76. The highest BCUT2D eigenvalue weighted by Crippen LogP contribution is 2.37. The van der Waals surface area contributed by atoms with Crippen molar-refractivity contribution in [2.45, 2.75) is 4.21 Å². The van der Waals surface area contributed by atoms with E-state index < -0.39 is 10.0 Å². The van der Waals surface area contributed by atoms with Crippen molar-refractivity contribution in [1.29, 1.82) is 0 Å². The standard InChI is InChI=1S/C14H16N2O5S2/c1-19-11-7-10(8-12(20-2)14(11)21-3)9-15-16-23(17,18)13-5-4-6-22-13/h4-9,16H,1-3H3/b15-9+. The van der Waals surface area contributed by atoms with Gasteiger partial charge >= 0.3 is 0 Å². The van der Waals surface area contributed by atoms with Crippen LogP contribution < -0.4 is 19.0 Å². The van der Waals surface area contributed by atoms with Crippen LogP contribution in [0.4, 0.5) is 0 Å². The first-order chi connectivity index (χ1) is 11.0. The molecule has 23 heavy (non-hydrogen) atoms. The Morgan fingerprint density at radius 3 is 2.26 bits per heavy atom. The van der Waals surface area contributed by atoms with Crippen LogP contribution in [0.1, 0.15) is 5.56 Å². The summed E-state index contributed by atoms with van der Waals surface area (Å²) >= 11 is 1.11. The van der Waals surface area contributed by atoms with Gasteiger partial charge in [0.15, 0.2) is 11.5 Å². The lowest BCUT2D eigenvalue weighted by Gasteiger charge is -2.12. The third-order valence-electron chi connectivity index (χ3n) is 2.83. The van der Waals surface area contributed by atoms with Crippen molar-refractivity contribution in [1.82, 2.24) is 4.83 Å². The Balaban J connectivity index is 2.23. The van der Waals surface area contributed by atoms with Crippen LogP contribution in [0.2, 0.25) is 0 Å². The van der Waals surface area contributed by atoms with E-state index in [0.29, 0.717) is 22.8 Å². The van der Waals surface area contributed by atoms with E-state index in [4.69, 9.17) is 14.2 Å². The summed E-state index contributed by atoms with van der Waals surface area (Å²) in [5.41, 5.74) is 0.591. The number of thiophene rings is 1. The zero-order valence-electron chi connectivity index (χ0n) is 12.8. The van der Waals surface area contributed by atoms with Crippen LogP contribution in [0.15, 0.2) is 39.0 Å². The second kappa shape index (κ2) is 7.34. The van der Waals surface area contributed by atoms with Crippen LogP contribution >= 0.6 is 11.3 Å². The number of nitrogens with one attached hydrogen (secondary N) is 1. The maximum atomic E-state index is 11.9. The number of sulfonamides is 1. The molecule has 0 radical (unpaired) electrons. The molecule has 9 heteroatoms. The number of hydrogen-bond donors (Lipinski definition) is 1. The molecule has 7 nitrogen and oxygen atoms in total. The lowest BCUT2D eigenvalue weighted by molar-refractivity contribution is 0.324. The predicted octanol–water partition coefficient (Wildman–Crippen LogP) is 2.09. The van der Waals surface area contributed by atoms with Gasteiger partial charge in [-0.3, -0.25) is 0 Å². The van der Waals surface area contributed by atoms with Gasteiger partial charge in [-0.2, -0.15) is 18.4 Å². The molecule has 0 saturated heterocycles. The molecule has 0 fully saturated rings. The second-order valence-electron chi connectivity index (χ2n) is 4.24. The van der Waals surface area contributed by atoms with E-state index in [2.05, 4.69) is 9.93 Å². The molecule has 0 spiro atoms. The van der Waals surface area contributed by atoms with E-state index in [0.717, 1.165) is 11.3 Å². The second-order valence-corrected chi connectivity index (χ2v) is 7.08. The Labute approximate surface area is 138 Å². The summed E-state index contributed by atoms with van der Waals surface area (Å²) in [5, 5.41) is 5.45. The van der Waals surface area contributed by atoms with Crippen molar-refractivity contribution >= 4 is 27.6 Å². The average Bonchev–Trinajstić information content (AvgIpc) is 3.09. The molecule has 0 unspecified atom stereocenters. The normalized spacial score (nSPS) is 11.4. The van der Waals surface area contributed by atoms with E-state index in [1.807, 2.05) is 0 Å². The highest BCUT2D eigenvalue weighted by Gasteiger charge is 2.14. The molecule has 0 amide bonds. The fraction of sp³-hybridized carbons (Fsp3) is 0.214. The summed E-state index contributed by atoms with van der Waals surface area (Å²) in [5.74, 6) is 1.36. The molecule has 2 rings (SSSR count). The van der Waals surface area contributed by atoms with Gasteiger partial charge in [-0.25, -0.2) is 0 Å². The molecule has 2 aromatic rings. The Bertz CT molecular complexity index is 760. The van der Waals surface area contributed by atoms with Gasteiger partial charge in [0.1, 0.15) is 4.21 Å². The van der Waals surface area contributed by atoms with Crippen molar-refractivity contribution in [2.24, 2.45) is 5.10 Å². The number of rotatable bonds is 7. The fourth-order valence-electron chi connectivity index (χ4n) is 1.81. The number of hydrazone groups is 1. The molecule has 1 heterocycles. The minimum atomic E-state index is -3.65. The van der Waals surface area contributed by atoms with Crippen molar-refractivity contribution in [3.05, 3.63) is 35.2 Å². The molecule has 1 aromatic carbocycles. The maximum Gasteiger partial charge on any atom is 0.286 e. The predicted molar refractivity (Wildman–Crippen MR) is 88.3 cm³/mol. The summed E-state index contributed by atoms with van der Waals surface area (Å²) in [4.78, 5) is 2.15. The van der Waals surface area contributed by atoms with E-state index in [1.54, 1.807) is 23.6 Å². The van der Waals surface area contributed by atoms with Crippen LogP contribution in [0, 0.1) is 0 Å². The van der Waals surface area contributed by atoms with Crippen molar-refractivity contribution in [3.8, 4) is 17.2 Å². The third kappa shape index (κ3) is 3.93. The van der Waals surface area contributed by atoms with E-state index >= 15 is 0 Å². The number of methoxy groups -OCH3 is 3. The molecule has 1 aromatic heterocycles. The largest absolute Gasteiger partial charge is 0.493 e. The zero-order valence-corrected chi connectivity index (χ0v) is 14.4. The lowest BCUT2D eigenvalue weighted by atomic mass is 10.2. The summed E-state index contributed by atoms with van der Waals surface area (Å²) in [6.45, 7) is 0. The van der Waals surface area contributed by atoms with Crippen LogP contribution in [0.5, 0.6) is 17.2 Å². The van der Waals surface area contributed by atoms with Gasteiger partial charge in [-0.1, -0.05) is 6.07 Å². The minimum Gasteiger partial charge on any atom is -0.493 e. The quantitative estimate of drug-likeness (QED) is 0.606. The highest BCUT2D eigenvalue weighted by molar-refractivity contribution is 7.91. The van der Waals surface area contributed by atoms with E-state index in [9.17, 15) is 8.42 Å². The van der Waals surface area contributed by atoms with Crippen LogP contribution in [-0.4, -0.2) is 36.0 Å². The number of ether oxygens (including phenoxy) is 3. The van der Waals surface area contributed by atoms with Crippen molar-refractivity contribution in [3.63, 3.8) is 0 Å². The topological polar surface area (TPSA) is 86.2 Å². The summed E-state index contributed by atoms with van der Waals surface area (Å²) < 4.78 is 39.7. The van der Waals surface area contributed by atoms with Crippen LogP contribution in [0.3, 0.4) is 0 Å². The van der Waals surface area contributed by atoms with E-state index in [1.165, 1.54) is 33.6 Å². The monoisotopic (exact) mass is 356 g/mol. The molecule has 0 aliphatic heterocycles. The smallest absolute Gasteiger partial charge is 0.286 e. The van der Waals surface area contributed by atoms with Gasteiger partial charge in [0.05, 0.1) is 27.5 Å². The molecular formula is C14H16N2O5S2. The average molecular weight is 356 g/mol. The Hall–Kier alpha value is -2.26. The zero-order chi connectivity index (χ0) is 16.9. The molecule has 0 bridgehead atoms. The molecule has 1 N–H and O–H groups in total. The maximum absolute atomic E-state index is 11.9. The minimum absolute atomic E-state index is 0.194. The summed E-state index contributed by atoms with van der Waals surface area (Å²) in [6.07, 6.45) is 1.36. The van der Waals surface area contributed by atoms with Gasteiger partial charge in [0.25, 0.3) is 10.0 Å². The molecule has 0 aliphatic rings. The molecule has 0 saturated carbocycles. The van der Waals surface area contributed by atoms with Crippen LogP contribution in [-0.2, 0) is 10.0 Å². The fourth-order valence-corrected chi connectivity index (χ4v) is 3.58. The van der Waals surface area contributed by atoms with Gasteiger partial charge in [-0.05, 0) is 23.6 Å². The summed E-state index contributed by atoms with van der Waals surface area (Å²) in [7, 11) is 0.851. The third-order valence-corrected chi connectivity index (χ3v) is 5.45. The number of benzene rings is 1. The SMILES string of the molecule is COc1cc(/C=N/NS(=O)(=O)c2cccs2)cc(OC)c1OC. The molecule has 0 atom stereocenters. The molecular weight excluding hydrogens is 340 g/mol. The number of hydrogen-bond acceptors (Lipinski definition) is 7. The van der Waals surface area contributed by atoms with E-state index in [-0.39, 0.29) is 4.21 Å². The Kier molecular flexibility index (Phi) is 5.45. The molecule has 124 valence electrons. The first-order valence-electron chi connectivity index (χ1n) is 6.40. The van der Waals surface area contributed by atoms with Crippen molar-refractivity contribution in [2.75, 3.05) is 21.3 Å².